The molecule has 1 aliphatic heterocycles. The summed E-state index contributed by atoms with van der Waals surface area (Å²) < 4.78 is 5.59. The Morgan fingerprint density at radius 1 is 1.53 bits per heavy atom. The van der Waals surface area contributed by atoms with Gasteiger partial charge < -0.3 is 15.2 Å². The van der Waals surface area contributed by atoms with Gasteiger partial charge in [-0.3, -0.25) is 4.79 Å². The molecule has 17 heavy (non-hydrogen) atoms. The number of rotatable bonds is 7. The molecule has 4 nitrogen and oxygen atoms in total. The molecule has 0 radical (unpaired) electrons. The van der Waals surface area contributed by atoms with Crippen LogP contribution >= 0.6 is 0 Å². The molecule has 4 heteroatoms. The fraction of sp³-hybridized carbons (Fsp3) is 0.923. The molecule has 1 rings (SSSR count). The molecule has 2 atom stereocenters. The van der Waals surface area contributed by atoms with Crippen molar-refractivity contribution < 1.29 is 14.6 Å². The van der Waals surface area contributed by atoms with Crippen molar-refractivity contribution in [2.45, 2.75) is 64.0 Å². The van der Waals surface area contributed by atoms with E-state index in [1.807, 2.05) is 6.92 Å². The molecule has 0 saturated carbocycles. The van der Waals surface area contributed by atoms with Crippen LogP contribution in [0.2, 0.25) is 0 Å². The Labute approximate surface area is 104 Å². The van der Waals surface area contributed by atoms with Gasteiger partial charge in [-0.2, -0.15) is 0 Å². The molecule has 0 aromatic heterocycles. The highest BCUT2D eigenvalue weighted by molar-refractivity contribution is 5.76. The average molecular weight is 243 g/mol. The number of hydrogen-bond acceptors (Lipinski definition) is 3. The molecule has 1 fully saturated rings. The first-order valence-corrected chi connectivity index (χ1v) is 6.78. The highest BCUT2D eigenvalue weighted by atomic mass is 16.5. The van der Waals surface area contributed by atoms with Crippen LogP contribution in [-0.4, -0.2) is 36.4 Å². The van der Waals surface area contributed by atoms with E-state index in [2.05, 4.69) is 5.32 Å². The fourth-order valence-corrected chi connectivity index (χ4v) is 2.16. The van der Waals surface area contributed by atoms with E-state index in [1.165, 1.54) is 6.42 Å². The van der Waals surface area contributed by atoms with Crippen LogP contribution in [0.25, 0.3) is 0 Å². The molecule has 1 saturated heterocycles. The van der Waals surface area contributed by atoms with E-state index in [0.717, 1.165) is 32.3 Å². The van der Waals surface area contributed by atoms with E-state index < -0.39 is 0 Å². The summed E-state index contributed by atoms with van der Waals surface area (Å²) in [5.41, 5.74) is 0. The van der Waals surface area contributed by atoms with Crippen LogP contribution in [0.5, 0.6) is 0 Å². The van der Waals surface area contributed by atoms with Crippen LogP contribution in [0.3, 0.4) is 0 Å². The van der Waals surface area contributed by atoms with Gasteiger partial charge in [0.1, 0.15) is 0 Å². The smallest absolute Gasteiger partial charge is 0.220 e. The van der Waals surface area contributed by atoms with Crippen molar-refractivity contribution in [2.75, 3.05) is 13.2 Å². The molecule has 0 aromatic rings. The minimum absolute atomic E-state index is 0.0828. The fourth-order valence-electron chi connectivity index (χ4n) is 2.16. The van der Waals surface area contributed by atoms with Crippen molar-refractivity contribution in [3.63, 3.8) is 0 Å². The molecule has 0 bridgehead atoms. The lowest BCUT2D eigenvalue weighted by atomic mass is 10.0. The standard InChI is InChI=1S/C13H25NO3/c1-2-11(8-9-15)14-13(16)7-6-12-5-3-4-10-17-12/h11-12,15H,2-10H2,1H3,(H,14,16). The number of aliphatic hydroxyl groups is 1. The third kappa shape index (κ3) is 6.03. The zero-order valence-corrected chi connectivity index (χ0v) is 10.8. The van der Waals surface area contributed by atoms with Gasteiger partial charge in [0, 0.05) is 25.7 Å². The van der Waals surface area contributed by atoms with Crippen LogP contribution in [-0.2, 0) is 9.53 Å². The lowest BCUT2D eigenvalue weighted by molar-refractivity contribution is -0.122. The number of aliphatic hydroxyl groups excluding tert-OH is 1. The van der Waals surface area contributed by atoms with Crippen molar-refractivity contribution in [2.24, 2.45) is 0 Å². The third-order valence-corrected chi connectivity index (χ3v) is 3.30. The zero-order chi connectivity index (χ0) is 12.5. The molecule has 0 aromatic carbocycles. The molecule has 2 unspecified atom stereocenters. The third-order valence-electron chi connectivity index (χ3n) is 3.30. The largest absolute Gasteiger partial charge is 0.396 e. The minimum atomic E-state index is 0.0828. The summed E-state index contributed by atoms with van der Waals surface area (Å²) in [6, 6.07) is 0.111. The zero-order valence-electron chi connectivity index (χ0n) is 10.8. The second-order valence-electron chi connectivity index (χ2n) is 4.71. The quantitative estimate of drug-likeness (QED) is 0.714. The van der Waals surface area contributed by atoms with Crippen molar-refractivity contribution in [3.8, 4) is 0 Å². The molecular weight excluding hydrogens is 218 g/mol. The monoisotopic (exact) mass is 243 g/mol. The molecular formula is C13H25NO3. The lowest BCUT2D eigenvalue weighted by Gasteiger charge is -2.22. The maximum Gasteiger partial charge on any atom is 0.220 e. The SMILES string of the molecule is CCC(CCO)NC(=O)CCC1CCCCO1. The van der Waals surface area contributed by atoms with E-state index in [0.29, 0.717) is 12.8 Å². The topological polar surface area (TPSA) is 58.6 Å². The Kier molecular flexibility index (Phi) is 7.21. The molecule has 1 aliphatic rings. The van der Waals surface area contributed by atoms with Gasteiger partial charge in [-0.15, -0.1) is 0 Å². The maximum atomic E-state index is 11.7. The summed E-state index contributed by atoms with van der Waals surface area (Å²) in [5, 5.41) is 11.8. The van der Waals surface area contributed by atoms with Crippen LogP contribution in [0.1, 0.15) is 51.9 Å². The second-order valence-corrected chi connectivity index (χ2v) is 4.71. The number of carbonyl (C=O) groups excluding carboxylic acids is 1. The normalized spacial score (nSPS) is 22.1. The molecule has 0 aliphatic carbocycles. The first kappa shape index (κ1) is 14.5. The van der Waals surface area contributed by atoms with Gasteiger partial charge in [-0.25, -0.2) is 0 Å². The van der Waals surface area contributed by atoms with Crippen molar-refractivity contribution >= 4 is 5.91 Å². The van der Waals surface area contributed by atoms with Gasteiger partial charge in [0.05, 0.1) is 6.10 Å². The Hall–Kier alpha value is -0.610. The molecule has 1 heterocycles. The van der Waals surface area contributed by atoms with E-state index in [1.54, 1.807) is 0 Å². The van der Waals surface area contributed by atoms with E-state index in [-0.39, 0.29) is 24.7 Å². The maximum absolute atomic E-state index is 11.7. The van der Waals surface area contributed by atoms with E-state index in [4.69, 9.17) is 9.84 Å². The minimum Gasteiger partial charge on any atom is -0.396 e. The highest BCUT2D eigenvalue weighted by Crippen LogP contribution is 2.16. The van der Waals surface area contributed by atoms with Gasteiger partial charge in [-0.1, -0.05) is 6.92 Å². The van der Waals surface area contributed by atoms with Crippen molar-refractivity contribution in [1.29, 1.82) is 0 Å². The van der Waals surface area contributed by atoms with Crippen LogP contribution in [0.15, 0.2) is 0 Å². The Morgan fingerprint density at radius 2 is 2.35 bits per heavy atom. The first-order chi connectivity index (χ1) is 8.26. The Bertz CT molecular complexity index is 215. The molecule has 100 valence electrons. The highest BCUT2D eigenvalue weighted by Gasteiger charge is 2.16. The number of amides is 1. The van der Waals surface area contributed by atoms with E-state index in [9.17, 15) is 4.79 Å². The predicted molar refractivity (Wildman–Crippen MR) is 66.7 cm³/mol. The summed E-state index contributed by atoms with van der Waals surface area (Å²) in [7, 11) is 0. The van der Waals surface area contributed by atoms with Gasteiger partial charge in [0.2, 0.25) is 5.91 Å². The van der Waals surface area contributed by atoms with Gasteiger partial charge in [0.25, 0.3) is 0 Å². The lowest BCUT2D eigenvalue weighted by Crippen LogP contribution is -2.35. The Morgan fingerprint density at radius 3 is 2.94 bits per heavy atom. The number of ether oxygens (including phenoxy) is 1. The summed E-state index contributed by atoms with van der Waals surface area (Å²) >= 11 is 0. The number of hydrogen-bond donors (Lipinski definition) is 2. The first-order valence-electron chi connectivity index (χ1n) is 6.78. The predicted octanol–water partition coefficient (Wildman–Crippen LogP) is 1.61. The van der Waals surface area contributed by atoms with Gasteiger partial charge in [-0.05, 0) is 38.5 Å². The summed E-state index contributed by atoms with van der Waals surface area (Å²) in [5.74, 6) is 0.0828. The molecule has 2 N–H and O–H groups in total. The number of carbonyl (C=O) groups is 1. The van der Waals surface area contributed by atoms with Crippen LogP contribution < -0.4 is 5.32 Å². The number of nitrogens with one attached hydrogen (secondary N) is 1. The molecule has 0 spiro atoms. The second kappa shape index (κ2) is 8.48. The van der Waals surface area contributed by atoms with Gasteiger partial charge >= 0.3 is 0 Å². The Balaban J connectivity index is 2.14. The summed E-state index contributed by atoms with van der Waals surface area (Å²) in [6.07, 6.45) is 6.59. The average Bonchev–Trinajstić information content (AvgIpc) is 2.37. The van der Waals surface area contributed by atoms with Crippen LogP contribution in [0, 0.1) is 0 Å². The summed E-state index contributed by atoms with van der Waals surface area (Å²) in [4.78, 5) is 11.7. The van der Waals surface area contributed by atoms with Gasteiger partial charge in [0.15, 0.2) is 0 Å². The van der Waals surface area contributed by atoms with Crippen molar-refractivity contribution in [3.05, 3.63) is 0 Å². The van der Waals surface area contributed by atoms with Crippen LogP contribution in [0.4, 0.5) is 0 Å². The van der Waals surface area contributed by atoms with E-state index >= 15 is 0 Å². The summed E-state index contributed by atoms with van der Waals surface area (Å²) in [6.45, 7) is 2.99. The molecule has 1 amide bonds. The van der Waals surface area contributed by atoms with Crippen molar-refractivity contribution in [1.82, 2.24) is 5.32 Å².